The number of carboxylic acid groups (broad SMARTS) is 1. The molecule has 0 aliphatic heterocycles. The minimum Gasteiger partial charge on any atom is -0.481 e. The minimum absolute atomic E-state index is 0.00598. The highest BCUT2D eigenvalue weighted by Gasteiger charge is 2.43. The van der Waals surface area contributed by atoms with Crippen molar-refractivity contribution in [3.63, 3.8) is 0 Å². The molecule has 2 heterocycles. The Morgan fingerprint density at radius 3 is 3.06 bits per heavy atom. The van der Waals surface area contributed by atoms with Crippen molar-refractivity contribution in [2.75, 3.05) is 0 Å². The molecule has 0 bridgehead atoms. The van der Waals surface area contributed by atoms with Crippen LogP contribution in [0.5, 0.6) is 0 Å². The summed E-state index contributed by atoms with van der Waals surface area (Å²) in [6.07, 6.45) is 2.44. The van der Waals surface area contributed by atoms with Crippen LogP contribution in [-0.2, 0) is 11.3 Å². The van der Waals surface area contributed by atoms with E-state index < -0.39 is 5.97 Å². The number of pyridine rings is 1. The number of aliphatic carboxylic acids is 1. The number of carboxylic acids is 1. The smallest absolute Gasteiger partial charge is 0.306 e. The Labute approximate surface area is 101 Å². The third kappa shape index (κ3) is 1.76. The average molecular weight is 249 g/mol. The van der Waals surface area contributed by atoms with Crippen LogP contribution in [0.15, 0.2) is 28.5 Å². The van der Waals surface area contributed by atoms with Gasteiger partial charge in [0.05, 0.1) is 10.6 Å². The van der Waals surface area contributed by atoms with Gasteiger partial charge >= 0.3 is 5.97 Å². The second-order valence-corrected chi connectivity index (χ2v) is 5.33. The Bertz CT molecular complexity index is 642. The van der Waals surface area contributed by atoms with Gasteiger partial charge in [-0.1, -0.05) is 0 Å². The summed E-state index contributed by atoms with van der Waals surface area (Å²) in [6.45, 7) is 0.518. The molecule has 1 saturated carbocycles. The van der Waals surface area contributed by atoms with Gasteiger partial charge in [0.25, 0.3) is 5.56 Å². The second-order valence-electron chi connectivity index (χ2n) is 4.42. The lowest BCUT2D eigenvalue weighted by atomic mass is 10.3. The Morgan fingerprint density at radius 1 is 1.53 bits per heavy atom. The molecule has 1 N–H and O–H groups in total. The summed E-state index contributed by atoms with van der Waals surface area (Å²) < 4.78 is 2.38. The monoisotopic (exact) mass is 249 g/mol. The van der Waals surface area contributed by atoms with E-state index in [4.69, 9.17) is 5.11 Å². The van der Waals surface area contributed by atoms with Crippen molar-refractivity contribution in [2.45, 2.75) is 13.0 Å². The topological polar surface area (TPSA) is 59.3 Å². The van der Waals surface area contributed by atoms with E-state index in [1.54, 1.807) is 10.8 Å². The van der Waals surface area contributed by atoms with Crippen LogP contribution in [-0.4, -0.2) is 15.6 Å². The van der Waals surface area contributed by atoms with E-state index in [0.29, 0.717) is 13.0 Å². The van der Waals surface area contributed by atoms with Crippen molar-refractivity contribution in [3.8, 4) is 0 Å². The van der Waals surface area contributed by atoms with Gasteiger partial charge in [0.2, 0.25) is 0 Å². The average Bonchev–Trinajstić information content (AvgIpc) is 2.89. The molecule has 2 aromatic heterocycles. The number of fused-ring (bicyclic) bond motifs is 1. The zero-order chi connectivity index (χ0) is 12.0. The Hall–Kier alpha value is -1.62. The van der Waals surface area contributed by atoms with Gasteiger partial charge in [-0.2, -0.15) is 0 Å². The molecule has 17 heavy (non-hydrogen) atoms. The number of aromatic nitrogens is 1. The van der Waals surface area contributed by atoms with Gasteiger partial charge in [0, 0.05) is 12.7 Å². The molecule has 1 aliphatic rings. The van der Waals surface area contributed by atoms with Gasteiger partial charge < -0.3 is 9.67 Å². The second kappa shape index (κ2) is 3.70. The molecule has 0 radical (unpaired) electrons. The van der Waals surface area contributed by atoms with E-state index in [1.807, 2.05) is 17.5 Å². The zero-order valence-corrected chi connectivity index (χ0v) is 9.81. The van der Waals surface area contributed by atoms with Gasteiger partial charge in [-0.3, -0.25) is 9.59 Å². The normalized spacial score (nSPS) is 22.8. The molecular weight excluding hydrogens is 238 g/mol. The van der Waals surface area contributed by atoms with E-state index in [2.05, 4.69) is 0 Å². The van der Waals surface area contributed by atoms with Crippen molar-refractivity contribution < 1.29 is 9.90 Å². The third-order valence-corrected chi connectivity index (χ3v) is 4.17. The number of thiophene rings is 1. The number of rotatable bonds is 3. The van der Waals surface area contributed by atoms with Crippen LogP contribution in [0.25, 0.3) is 10.1 Å². The largest absolute Gasteiger partial charge is 0.481 e. The van der Waals surface area contributed by atoms with E-state index in [-0.39, 0.29) is 17.4 Å². The lowest BCUT2D eigenvalue weighted by molar-refractivity contribution is -0.138. The van der Waals surface area contributed by atoms with Gasteiger partial charge in [-0.05, 0) is 35.2 Å². The Kier molecular flexibility index (Phi) is 2.29. The number of hydrogen-bond donors (Lipinski definition) is 1. The highest BCUT2D eigenvalue weighted by Crippen LogP contribution is 2.39. The van der Waals surface area contributed by atoms with E-state index in [0.717, 1.165) is 10.1 Å². The van der Waals surface area contributed by atoms with Crippen molar-refractivity contribution in [2.24, 2.45) is 11.8 Å². The van der Waals surface area contributed by atoms with Gasteiger partial charge in [-0.15, -0.1) is 11.3 Å². The summed E-state index contributed by atoms with van der Waals surface area (Å²) in [5.41, 5.74) is -0.00598. The first kappa shape index (κ1) is 10.5. The number of nitrogens with zero attached hydrogens (tertiary/aromatic N) is 1. The first-order valence-electron chi connectivity index (χ1n) is 5.46. The quantitative estimate of drug-likeness (QED) is 0.902. The zero-order valence-electron chi connectivity index (χ0n) is 9.00. The molecule has 2 atom stereocenters. The molecule has 0 spiro atoms. The molecule has 4 nitrogen and oxygen atoms in total. The number of hydrogen-bond acceptors (Lipinski definition) is 3. The fourth-order valence-corrected chi connectivity index (χ4v) is 2.98. The van der Waals surface area contributed by atoms with Crippen LogP contribution in [0.2, 0.25) is 0 Å². The first-order chi connectivity index (χ1) is 8.16. The highest BCUT2D eigenvalue weighted by molar-refractivity contribution is 7.17. The molecule has 0 aromatic carbocycles. The lowest BCUT2D eigenvalue weighted by Gasteiger charge is -2.04. The van der Waals surface area contributed by atoms with E-state index >= 15 is 0 Å². The van der Waals surface area contributed by atoms with Crippen LogP contribution in [0, 0.1) is 11.8 Å². The molecule has 1 fully saturated rings. The molecule has 2 aromatic rings. The summed E-state index contributed by atoms with van der Waals surface area (Å²) >= 11 is 1.43. The molecule has 5 heteroatoms. The summed E-state index contributed by atoms with van der Waals surface area (Å²) in [6, 6.07) is 3.83. The standard InChI is InChI=1S/C12H11NO3S/c14-11-10-7(2-4-17-10)1-3-13(11)6-8-5-9(8)12(15)16/h1-4,8-9H,5-6H2,(H,15,16)/t8-,9+/m0/s1. The van der Waals surface area contributed by atoms with Crippen LogP contribution >= 0.6 is 11.3 Å². The highest BCUT2D eigenvalue weighted by atomic mass is 32.1. The SMILES string of the molecule is O=C(O)[C@@H]1C[C@H]1Cn1ccc2ccsc2c1=O. The molecule has 0 saturated heterocycles. The fourth-order valence-electron chi connectivity index (χ4n) is 2.14. The predicted octanol–water partition coefficient (Wildman–Crippen LogP) is 1.78. The van der Waals surface area contributed by atoms with E-state index in [1.165, 1.54) is 11.3 Å². The molecule has 3 rings (SSSR count). The maximum atomic E-state index is 12.1. The van der Waals surface area contributed by atoms with Crippen molar-refractivity contribution in [1.29, 1.82) is 0 Å². The van der Waals surface area contributed by atoms with Crippen LogP contribution in [0.1, 0.15) is 6.42 Å². The summed E-state index contributed by atoms with van der Waals surface area (Å²) in [7, 11) is 0. The van der Waals surface area contributed by atoms with Crippen molar-refractivity contribution in [3.05, 3.63) is 34.1 Å². The molecule has 0 amide bonds. The fraction of sp³-hybridized carbons (Fsp3) is 0.333. The summed E-state index contributed by atoms with van der Waals surface area (Å²) in [4.78, 5) is 22.8. The van der Waals surface area contributed by atoms with E-state index in [9.17, 15) is 9.59 Å². The molecular formula is C12H11NO3S. The van der Waals surface area contributed by atoms with Gasteiger partial charge in [-0.25, -0.2) is 0 Å². The Balaban J connectivity index is 1.89. The Morgan fingerprint density at radius 2 is 2.35 bits per heavy atom. The molecule has 1 aliphatic carbocycles. The maximum absolute atomic E-state index is 12.1. The third-order valence-electron chi connectivity index (χ3n) is 3.26. The molecule has 88 valence electrons. The maximum Gasteiger partial charge on any atom is 0.306 e. The molecule has 0 unspecified atom stereocenters. The van der Waals surface area contributed by atoms with Crippen molar-refractivity contribution >= 4 is 27.4 Å². The lowest BCUT2D eigenvalue weighted by Crippen LogP contribution is -2.20. The first-order valence-corrected chi connectivity index (χ1v) is 6.34. The van der Waals surface area contributed by atoms with Gasteiger partial charge in [0.1, 0.15) is 0 Å². The van der Waals surface area contributed by atoms with Gasteiger partial charge in [0.15, 0.2) is 0 Å². The van der Waals surface area contributed by atoms with Crippen molar-refractivity contribution in [1.82, 2.24) is 4.57 Å². The number of carbonyl (C=O) groups is 1. The summed E-state index contributed by atoms with van der Waals surface area (Å²) in [5.74, 6) is -0.899. The predicted molar refractivity (Wildman–Crippen MR) is 65.3 cm³/mol. The van der Waals surface area contributed by atoms with Crippen LogP contribution in [0.4, 0.5) is 0 Å². The minimum atomic E-state index is -0.750. The van der Waals surface area contributed by atoms with Crippen LogP contribution in [0.3, 0.4) is 0 Å². The van der Waals surface area contributed by atoms with Crippen LogP contribution < -0.4 is 5.56 Å². The summed E-state index contributed by atoms with van der Waals surface area (Å²) in [5, 5.41) is 11.7.